The first-order chi connectivity index (χ1) is 8.15. The van der Waals surface area contributed by atoms with Gasteiger partial charge in [0.2, 0.25) is 0 Å². The second-order valence-electron chi connectivity index (χ2n) is 3.66. The van der Waals surface area contributed by atoms with E-state index in [-0.39, 0.29) is 16.3 Å². The molecule has 1 N–H and O–H groups in total. The van der Waals surface area contributed by atoms with Crippen molar-refractivity contribution in [2.75, 3.05) is 26.8 Å². The number of nitrogens with one attached hydrogen (secondary N) is 1. The normalized spacial score (nSPS) is 20.4. The summed E-state index contributed by atoms with van der Waals surface area (Å²) in [6.45, 7) is 1.51. The minimum Gasteiger partial charge on any atom is -0.495 e. The molecule has 1 heterocycles. The van der Waals surface area contributed by atoms with Crippen molar-refractivity contribution < 1.29 is 18.3 Å². The van der Waals surface area contributed by atoms with Crippen LogP contribution >= 0.6 is 11.6 Å². The summed E-state index contributed by atoms with van der Waals surface area (Å²) in [7, 11) is 1.36. The minimum atomic E-state index is -1.00. The summed E-state index contributed by atoms with van der Waals surface area (Å²) in [5.41, 5.74) is 0.0321. The van der Waals surface area contributed by atoms with Crippen molar-refractivity contribution in [1.82, 2.24) is 5.32 Å². The number of halogens is 3. The van der Waals surface area contributed by atoms with E-state index in [0.717, 1.165) is 6.07 Å². The molecule has 0 aromatic heterocycles. The van der Waals surface area contributed by atoms with Crippen molar-refractivity contribution in [2.45, 2.75) is 6.10 Å². The van der Waals surface area contributed by atoms with Crippen LogP contribution in [0.25, 0.3) is 0 Å². The molecule has 3 nitrogen and oxygen atoms in total. The molecule has 94 valence electrons. The van der Waals surface area contributed by atoms with Crippen LogP contribution in [0.4, 0.5) is 8.78 Å². The van der Waals surface area contributed by atoms with Crippen LogP contribution in [0, 0.1) is 11.6 Å². The van der Waals surface area contributed by atoms with Crippen molar-refractivity contribution >= 4 is 11.6 Å². The number of benzene rings is 1. The van der Waals surface area contributed by atoms with Crippen LogP contribution in [0.5, 0.6) is 5.75 Å². The van der Waals surface area contributed by atoms with Crippen LogP contribution in [0.2, 0.25) is 5.02 Å². The quantitative estimate of drug-likeness (QED) is 0.831. The highest BCUT2D eigenvalue weighted by atomic mass is 35.5. The molecule has 1 aliphatic heterocycles. The highest BCUT2D eigenvalue weighted by Crippen LogP contribution is 2.37. The Balaban J connectivity index is 2.48. The van der Waals surface area contributed by atoms with Crippen molar-refractivity contribution in [2.24, 2.45) is 0 Å². The zero-order valence-electron chi connectivity index (χ0n) is 9.23. The lowest BCUT2D eigenvalue weighted by atomic mass is 10.1. The predicted molar refractivity (Wildman–Crippen MR) is 59.5 cm³/mol. The highest BCUT2D eigenvalue weighted by Gasteiger charge is 2.27. The van der Waals surface area contributed by atoms with Crippen LogP contribution in [-0.2, 0) is 4.74 Å². The van der Waals surface area contributed by atoms with E-state index in [1.54, 1.807) is 0 Å². The molecule has 0 spiro atoms. The van der Waals surface area contributed by atoms with Crippen LogP contribution in [-0.4, -0.2) is 26.8 Å². The Morgan fingerprint density at radius 2 is 2.29 bits per heavy atom. The molecule has 1 aliphatic rings. The lowest BCUT2D eigenvalue weighted by Gasteiger charge is -2.26. The number of methoxy groups -OCH3 is 1. The second kappa shape index (κ2) is 5.16. The molecule has 1 aromatic carbocycles. The lowest BCUT2D eigenvalue weighted by Crippen LogP contribution is -2.34. The highest BCUT2D eigenvalue weighted by molar-refractivity contribution is 6.32. The van der Waals surface area contributed by atoms with E-state index in [0.29, 0.717) is 19.7 Å². The first-order valence-corrected chi connectivity index (χ1v) is 5.56. The van der Waals surface area contributed by atoms with E-state index in [4.69, 9.17) is 21.1 Å². The van der Waals surface area contributed by atoms with Gasteiger partial charge in [0.1, 0.15) is 11.9 Å². The van der Waals surface area contributed by atoms with Gasteiger partial charge in [-0.1, -0.05) is 11.6 Å². The molecule has 1 fully saturated rings. The maximum absolute atomic E-state index is 13.8. The third kappa shape index (κ3) is 2.36. The molecule has 17 heavy (non-hydrogen) atoms. The Bertz CT molecular complexity index is 422. The molecule has 0 saturated carbocycles. The van der Waals surface area contributed by atoms with Gasteiger partial charge in [-0.05, 0) is 6.07 Å². The fraction of sp³-hybridized carbons (Fsp3) is 0.455. The summed E-state index contributed by atoms with van der Waals surface area (Å²) >= 11 is 5.82. The summed E-state index contributed by atoms with van der Waals surface area (Å²) in [6, 6.07) is 0.898. The van der Waals surface area contributed by atoms with Gasteiger partial charge in [0, 0.05) is 13.1 Å². The summed E-state index contributed by atoms with van der Waals surface area (Å²) in [4.78, 5) is 0. The first-order valence-electron chi connectivity index (χ1n) is 5.19. The molecule has 1 saturated heterocycles. The molecular weight excluding hydrogens is 252 g/mol. The number of rotatable bonds is 2. The first kappa shape index (κ1) is 12.5. The van der Waals surface area contributed by atoms with Crippen molar-refractivity contribution in [3.63, 3.8) is 0 Å². The Kier molecular flexibility index (Phi) is 3.81. The minimum absolute atomic E-state index is 0.0321. The Morgan fingerprint density at radius 1 is 1.53 bits per heavy atom. The Hall–Kier alpha value is -0.910. The molecule has 0 bridgehead atoms. The third-order valence-corrected chi connectivity index (χ3v) is 2.90. The van der Waals surface area contributed by atoms with Crippen LogP contribution in [0.15, 0.2) is 6.07 Å². The number of hydrogen-bond acceptors (Lipinski definition) is 3. The van der Waals surface area contributed by atoms with Crippen LogP contribution < -0.4 is 10.1 Å². The Morgan fingerprint density at radius 3 is 2.88 bits per heavy atom. The fourth-order valence-corrected chi connectivity index (χ4v) is 2.12. The summed E-state index contributed by atoms with van der Waals surface area (Å²) in [6.07, 6.45) is -0.591. The predicted octanol–water partition coefficient (Wildman–Crippen LogP) is 2.29. The van der Waals surface area contributed by atoms with Crippen molar-refractivity contribution in [3.8, 4) is 5.75 Å². The largest absolute Gasteiger partial charge is 0.495 e. The average Bonchev–Trinajstić information content (AvgIpc) is 2.34. The van der Waals surface area contributed by atoms with Gasteiger partial charge in [-0.3, -0.25) is 0 Å². The van der Waals surface area contributed by atoms with Gasteiger partial charge in [0.05, 0.1) is 24.3 Å². The van der Waals surface area contributed by atoms with E-state index >= 15 is 0 Å². The average molecular weight is 264 g/mol. The van der Waals surface area contributed by atoms with Gasteiger partial charge >= 0.3 is 0 Å². The third-order valence-electron chi connectivity index (χ3n) is 2.61. The van der Waals surface area contributed by atoms with E-state index < -0.39 is 17.7 Å². The standard InChI is InChI=1S/C11H12ClF2NO2/c1-16-11-6(12)4-7(13)10(14)9(11)8-5-15-2-3-17-8/h4,8,15H,2-3,5H2,1H3. The van der Waals surface area contributed by atoms with Gasteiger partial charge < -0.3 is 14.8 Å². The second-order valence-corrected chi connectivity index (χ2v) is 4.07. The molecule has 0 aliphatic carbocycles. The fourth-order valence-electron chi connectivity index (χ4n) is 1.84. The molecule has 6 heteroatoms. The summed E-state index contributed by atoms with van der Waals surface area (Å²) < 4.78 is 37.5. The summed E-state index contributed by atoms with van der Waals surface area (Å²) in [5, 5.41) is 3.08. The van der Waals surface area contributed by atoms with E-state index in [2.05, 4.69) is 5.32 Å². The van der Waals surface area contributed by atoms with Gasteiger partial charge in [-0.15, -0.1) is 0 Å². The summed E-state index contributed by atoms with van der Waals surface area (Å²) in [5.74, 6) is -1.85. The van der Waals surface area contributed by atoms with Crippen molar-refractivity contribution in [3.05, 3.63) is 28.3 Å². The molecule has 1 atom stereocenters. The maximum atomic E-state index is 13.8. The number of hydrogen-bond donors (Lipinski definition) is 1. The van der Waals surface area contributed by atoms with E-state index in [1.807, 2.05) is 0 Å². The van der Waals surface area contributed by atoms with Crippen LogP contribution in [0.1, 0.15) is 11.7 Å². The molecule has 1 unspecified atom stereocenters. The SMILES string of the molecule is COc1c(Cl)cc(F)c(F)c1C1CNCCO1. The van der Waals surface area contributed by atoms with Crippen molar-refractivity contribution in [1.29, 1.82) is 0 Å². The number of morpholine rings is 1. The maximum Gasteiger partial charge on any atom is 0.168 e. The topological polar surface area (TPSA) is 30.5 Å². The molecule has 0 radical (unpaired) electrons. The smallest absolute Gasteiger partial charge is 0.168 e. The van der Waals surface area contributed by atoms with Gasteiger partial charge in [-0.25, -0.2) is 8.78 Å². The number of ether oxygens (including phenoxy) is 2. The van der Waals surface area contributed by atoms with Gasteiger partial charge in [-0.2, -0.15) is 0 Å². The monoisotopic (exact) mass is 263 g/mol. The van der Waals surface area contributed by atoms with Gasteiger partial charge in [0.25, 0.3) is 0 Å². The van der Waals surface area contributed by atoms with Gasteiger partial charge in [0.15, 0.2) is 11.6 Å². The Labute approximate surface area is 103 Å². The zero-order chi connectivity index (χ0) is 12.4. The molecule has 1 aromatic rings. The van der Waals surface area contributed by atoms with E-state index in [1.165, 1.54) is 7.11 Å². The molecule has 0 amide bonds. The van der Waals surface area contributed by atoms with E-state index in [9.17, 15) is 8.78 Å². The zero-order valence-corrected chi connectivity index (χ0v) is 9.98. The lowest BCUT2D eigenvalue weighted by molar-refractivity contribution is 0.0236. The van der Waals surface area contributed by atoms with Crippen LogP contribution in [0.3, 0.4) is 0 Å². The molecule has 2 rings (SSSR count). The molecular formula is C11H12ClF2NO2.